The Labute approximate surface area is 194 Å². The van der Waals surface area contributed by atoms with Gasteiger partial charge in [-0.2, -0.15) is 0 Å². The van der Waals surface area contributed by atoms with Gasteiger partial charge in [-0.05, 0) is 49.9 Å². The number of halogens is 1. The van der Waals surface area contributed by atoms with Crippen molar-refractivity contribution in [3.05, 3.63) is 70.2 Å². The summed E-state index contributed by atoms with van der Waals surface area (Å²) in [7, 11) is 0. The van der Waals surface area contributed by atoms with Gasteiger partial charge < -0.3 is 10.2 Å². The fraction of sp³-hybridized carbons (Fsp3) is 0.440. The third kappa shape index (κ3) is 7.29. The van der Waals surface area contributed by atoms with Gasteiger partial charge in [0.15, 0.2) is 0 Å². The molecule has 0 heterocycles. The van der Waals surface area contributed by atoms with Crippen LogP contribution in [0.1, 0.15) is 49.3 Å². The zero-order valence-electron chi connectivity index (χ0n) is 18.3. The minimum Gasteiger partial charge on any atom is -0.352 e. The average Bonchev–Trinajstić information content (AvgIpc) is 3.26. The van der Waals surface area contributed by atoms with Crippen molar-refractivity contribution in [3.63, 3.8) is 0 Å². The molecule has 2 aromatic carbocycles. The summed E-state index contributed by atoms with van der Waals surface area (Å²) in [6.07, 6.45) is 4.38. The molecular formula is C25H31ClN2O2S. The predicted molar refractivity (Wildman–Crippen MR) is 129 cm³/mol. The maximum atomic E-state index is 13.2. The molecule has 1 fully saturated rings. The molecule has 0 saturated heterocycles. The summed E-state index contributed by atoms with van der Waals surface area (Å²) in [4.78, 5) is 27.8. The summed E-state index contributed by atoms with van der Waals surface area (Å²) in [6, 6.07) is 15.5. The Balaban J connectivity index is 1.65. The first-order valence-electron chi connectivity index (χ1n) is 10.9. The first-order valence-corrected chi connectivity index (χ1v) is 12.4. The highest BCUT2D eigenvalue weighted by molar-refractivity contribution is 7.99. The molecule has 2 amide bonds. The van der Waals surface area contributed by atoms with Gasteiger partial charge in [-0.15, -0.1) is 11.8 Å². The smallest absolute Gasteiger partial charge is 0.242 e. The molecule has 0 bridgehead atoms. The number of benzene rings is 2. The van der Waals surface area contributed by atoms with E-state index in [9.17, 15) is 9.59 Å². The summed E-state index contributed by atoms with van der Waals surface area (Å²) >= 11 is 7.50. The van der Waals surface area contributed by atoms with E-state index in [2.05, 4.69) is 11.4 Å². The van der Waals surface area contributed by atoms with Crippen molar-refractivity contribution in [3.8, 4) is 0 Å². The number of nitrogens with one attached hydrogen (secondary N) is 1. The van der Waals surface area contributed by atoms with Crippen molar-refractivity contribution < 1.29 is 9.59 Å². The number of carbonyl (C=O) groups excluding carboxylic acids is 2. The molecule has 1 atom stereocenters. The van der Waals surface area contributed by atoms with Crippen LogP contribution in [0.15, 0.2) is 48.5 Å². The van der Waals surface area contributed by atoms with Gasteiger partial charge in [0.1, 0.15) is 6.04 Å². The summed E-state index contributed by atoms with van der Waals surface area (Å²) in [5, 5.41) is 3.85. The maximum Gasteiger partial charge on any atom is 0.242 e. The van der Waals surface area contributed by atoms with E-state index in [-0.39, 0.29) is 17.9 Å². The Morgan fingerprint density at radius 3 is 2.52 bits per heavy atom. The lowest BCUT2D eigenvalue weighted by atomic mass is 10.1. The normalized spacial score (nSPS) is 14.9. The van der Waals surface area contributed by atoms with Crippen LogP contribution in [0.3, 0.4) is 0 Å². The average molecular weight is 459 g/mol. The Bertz CT molecular complexity index is 881. The zero-order chi connectivity index (χ0) is 22.2. The Morgan fingerprint density at radius 1 is 1.13 bits per heavy atom. The Kier molecular flexibility index (Phi) is 8.85. The lowest BCUT2D eigenvalue weighted by Crippen LogP contribution is -2.50. The number of hydrogen-bond acceptors (Lipinski definition) is 3. The van der Waals surface area contributed by atoms with Crippen LogP contribution in [0, 0.1) is 6.92 Å². The molecule has 3 rings (SSSR count). The minimum atomic E-state index is -0.509. The topological polar surface area (TPSA) is 49.4 Å². The van der Waals surface area contributed by atoms with E-state index < -0.39 is 6.04 Å². The number of amides is 2. The van der Waals surface area contributed by atoms with Gasteiger partial charge in [0.25, 0.3) is 0 Å². The molecule has 6 heteroatoms. The largest absolute Gasteiger partial charge is 0.352 e. The van der Waals surface area contributed by atoms with Gasteiger partial charge in [0.2, 0.25) is 11.8 Å². The standard InChI is InChI=1S/C25H31ClN2O2S/c1-18-6-5-7-21(14-18)15-28(19(2)25(30)27-23-8-3-4-9-23)24(29)17-31-16-20-10-12-22(26)13-11-20/h5-7,10-14,19,23H,3-4,8-9,15-17H2,1-2H3,(H,27,30)/t19-/m0/s1. The summed E-state index contributed by atoms with van der Waals surface area (Å²) < 4.78 is 0. The molecule has 1 aliphatic carbocycles. The molecule has 31 heavy (non-hydrogen) atoms. The van der Waals surface area contributed by atoms with Crippen LogP contribution < -0.4 is 5.32 Å². The van der Waals surface area contributed by atoms with Gasteiger partial charge in [-0.3, -0.25) is 9.59 Å². The SMILES string of the molecule is Cc1cccc(CN(C(=O)CSCc2ccc(Cl)cc2)[C@@H](C)C(=O)NC2CCCC2)c1. The van der Waals surface area contributed by atoms with E-state index >= 15 is 0 Å². The molecule has 0 radical (unpaired) electrons. The van der Waals surface area contributed by atoms with Crippen LogP contribution in [0.2, 0.25) is 5.02 Å². The fourth-order valence-electron chi connectivity index (χ4n) is 3.90. The fourth-order valence-corrected chi connectivity index (χ4v) is 4.90. The molecule has 1 aliphatic rings. The van der Waals surface area contributed by atoms with Gasteiger partial charge >= 0.3 is 0 Å². The van der Waals surface area contributed by atoms with E-state index in [1.54, 1.807) is 16.7 Å². The van der Waals surface area contributed by atoms with Crippen LogP contribution in [0.5, 0.6) is 0 Å². The highest BCUT2D eigenvalue weighted by Crippen LogP contribution is 2.20. The van der Waals surface area contributed by atoms with Crippen molar-refractivity contribution in [2.24, 2.45) is 0 Å². The van der Waals surface area contributed by atoms with Crippen molar-refractivity contribution in [2.75, 3.05) is 5.75 Å². The predicted octanol–water partition coefficient (Wildman–Crippen LogP) is 5.36. The van der Waals surface area contributed by atoms with Crippen molar-refractivity contribution in [1.82, 2.24) is 10.2 Å². The van der Waals surface area contributed by atoms with Crippen LogP contribution >= 0.6 is 23.4 Å². The highest BCUT2D eigenvalue weighted by Gasteiger charge is 2.28. The van der Waals surface area contributed by atoms with Crippen molar-refractivity contribution >= 4 is 35.2 Å². The molecule has 1 N–H and O–H groups in total. The van der Waals surface area contributed by atoms with Crippen LogP contribution in [-0.4, -0.2) is 34.6 Å². The molecular weight excluding hydrogens is 428 g/mol. The van der Waals surface area contributed by atoms with E-state index in [4.69, 9.17) is 11.6 Å². The summed E-state index contributed by atoms with van der Waals surface area (Å²) in [6.45, 7) is 4.30. The summed E-state index contributed by atoms with van der Waals surface area (Å²) in [5.41, 5.74) is 3.31. The highest BCUT2D eigenvalue weighted by atomic mass is 35.5. The molecule has 0 spiro atoms. The molecule has 166 valence electrons. The van der Waals surface area contributed by atoms with Crippen molar-refractivity contribution in [2.45, 2.75) is 63.9 Å². The number of carbonyl (C=O) groups is 2. The number of thioether (sulfide) groups is 1. The van der Waals surface area contributed by atoms with E-state index in [1.807, 2.05) is 56.3 Å². The van der Waals surface area contributed by atoms with Crippen LogP contribution in [0.4, 0.5) is 0 Å². The number of rotatable bonds is 9. The van der Waals surface area contributed by atoms with E-state index in [1.165, 1.54) is 0 Å². The van der Waals surface area contributed by atoms with Gasteiger partial charge in [0, 0.05) is 23.4 Å². The quantitative estimate of drug-likeness (QED) is 0.550. The van der Waals surface area contributed by atoms with Gasteiger partial charge in [-0.1, -0.05) is 66.4 Å². The van der Waals surface area contributed by atoms with E-state index in [0.29, 0.717) is 17.3 Å². The van der Waals surface area contributed by atoms with Crippen molar-refractivity contribution in [1.29, 1.82) is 0 Å². The monoisotopic (exact) mass is 458 g/mol. The molecule has 4 nitrogen and oxygen atoms in total. The van der Waals surface area contributed by atoms with Crippen LogP contribution in [-0.2, 0) is 21.9 Å². The van der Waals surface area contributed by atoms with Gasteiger partial charge in [-0.25, -0.2) is 0 Å². The first-order chi connectivity index (χ1) is 14.9. The molecule has 0 unspecified atom stereocenters. The number of nitrogens with zero attached hydrogens (tertiary/aromatic N) is 1. The zero-order valence-corrected chi connectivity index (χ0v) is 19.8. The van der Waals surface area contributed by atoms with Gasteiger partial charge in [0.05, 0.1) is 5.75 Å². The molecule has 0 aromatic heterocycles. The maximum absolute atomic E-state index is 13.2. The Hall–Kier alpha value is -1.98. The lowest BCUT2D eigenvalue weighted by molar-refractivity contribution is -0.138. The molecule has 2 aromatic rings. The number of hydrogen-bond donors (Lipinski definition) is 1. The number of aryl methyl sites for hydroxylation is 1. The first kappa shape index (κ1) is 23.7. The second-order valence-electron chi connectivity index (χ2n) is 8.30. The molecule has 0 aliphatic heterocycles. The lowest BCUT2D eigenvalue weighted by Gasteiger charge is -2.30. The van der Waals surface area contributed by atoms with E-state index in [0.717, 1.165) is 48.1 Å². The van der Waals surface area contributed by atoms with Crippen LogP contribution in [0.25, 0.3) is 0 Å². The minimum absolute atomic E-state index is 0.0189. The third-order valence-corrected chi connectivity index (χ3v) is 6.95. The molecule has 1 saturated carbocycles. The second-order valence-corrected chi connectivity index (χ2v) is 9.72. The third-order valence-electron chi connectivity index (χ3n) is 5.71. The Morgan fingerprint density at radius 2 is 1.84 bits per heavy atom. The summed E-state index contributed by atoms with van der Waals surface area (Å²) in [5.74, 6) is 0.976. The second kappa shape index (κ2) is 11.6.